The molecule has 1 aromatic heterocycles. The average molecular weight is 521 g/mol. The fourth-order valence-electron chi connectivity index (χ4n) is 4.37. The zero-order valence-electron chi connectivity index (χ0n) is 21.4. The number of benzene rings is 2. The Morgan fingerprint density at radius 2 is 2.11 bits per heavy atom. The van der Waals surface area contributed by atoms with Gasteiger partial charge in [0.2, 0.25) is 0 Å². The van der Waals surface area contributed by atoms with E-state index in [9.17, 15) is 10.1 Å². The molecule has 9 heteroatoms. The molecule has 2 aromatic carbocycles. The number of amides is 1. The van der Waals surface area contributed by atoms with Crippen molar-refractivity contribution in [1.29, 1.82) is 5.26 Å². The number of aromatic nitrogens is 1. The van der Waals surface area contributed by atoms with Gasteiger partial charge >= 0.3 is 0 Å². The van der Waals surface area contributed by atoms with E-state index in [2.05, 4.69) is 39.6 Å². The third-order valence-corrected chi connectivity index (χ3v) is 7.26. The molecule has 1 fully saturated rings. The van der Waals surface area contributed by atoms with Crippen molar-refractivity contribution in [2.75, 3.05) is 26.7 Å². The van der Waals surface area contributed by atoms with Crippen LogP contribution in [0.1, 0.15) is 37.0 Å². The lowest BCUT2D eigenvalue weighted by Crippen LogP contribution is -2.54. The highest BCUT2D eigenvalue weighted by atomic mass is 32.1. The van der Waals surface area contributed by atoms with Crippen LogP contribution < -0.4 is 10.2 Å². The van der Waals surface area contributed by atoms with E-state index in [1.807, 2.05) is 38.2 Å². The summed E-state index contributed by atoms with van der Waals surface area (Å²) in [6.07, 6.45) is 5.23. The smallest absolute Gasteiger partial charge is 0.250 e. The fourth-order valence-corrected chi connectivity index (χ4v) is 5.34. The maximum atomic E-state index is 11.0. The van der Waals surface area contributed by atoms with Crippen molar-refractivity contribution < 1.29 is 19.5 Å². The van der Waals surface area contributed by atoms with Gasteiger partial charge in [-0.1, -0.05) is 18.2 Å². The van der Waals surface area contributed by atoms with E-state index in [4.69, 9.17) is 9.84 Å². The number of nitrogens with zero attached hydrogens (tertiary/aromatic N) is 3. The van der Waals surface area contributed by atoms with Gasteiger partial charge < -0.3 is 14.7 Å². The van der Waals surface area contributed by atoms with Crippen molar-refractivity contribution in [3.8, 4) is 32.8 Å². The summed E-state index contributed by atoms with van der Waals surface area (Å²) in [6, 6.07) is 14.5. The van der Waals surface area contributed by atoms with Gasteiger partial charge in [-0.3, -0.25) is 9.63 Å². The van der Waals surface area contributed by atoms with Crippen molar-refractivity contribution in [1.82, 2.24) is 15.4 Å². The minimum absolute atomic E-state index is 0.0310. The topological polar surface area (TPSA) is 108 Å². The summed E-state index contributed by atoms with van der Waals surface area (Å²) in [5, 5.41) is 19.2. The zero-order chi connectivity index (χ0) is 26.4. The predicted octanol–water partition coefficient (Wildman–Crippen LogP) is 3.97. The van der Waals surface area contributed by atoms with Crippen LogP contribution in [0.5, 0.6) is 5.75 Å². The molecule has 0 spiro atoms. The SMILES string of the molecule is CC(C)Oc1ccc(-c2ncc(-c3cccc4c3CCC4)s2)cc1C#N.CNOCC(=O)N1CC(O)C1. The summed E-state index contributed by atoms with van der Waals surface area (Å²) in [6.45, 7) is 4.82. The van der Waals surface area contributed by atoms with Crippen LogP contribution >= 0.6 is 11.3 Å². The highest BCUT2D eigenvalue weighted by Crippen LogP contribution is 2.38. The lowest BCUT2D eigenvalue weighted by Gasteiger charge is -2.35. The Labute approximate surface area is 221 Å². The maximum Gasteiger partial charge on any atom is 0.250 e. The lowest BCUT2D eigenvalue weighted by molar-refractivity contribution is -0.148. The van der Waals surface area contributed by atoms with Crippen LogP contribution in [0.2, 0.25) is 0 Å². The van der Waals surface area contributed by atoms with E-state index >= 15 is 0 Å². The van der Waals surface area contributed by atoms with Crippen LogP contribution in [0.15, 0.2) is 42.6 Å². The number of hydrogen-bond donors (Lipinski definition) is 2. The Bertz CT molecular complexity index is 1280. The first-order valence-electron chi connectivity index (χ1n) is 12.4. The molecule has 1 saturated heterocycles. The molecule has 37 heavy (non-hydrogen) atoms. The second-order valence-electron chi connectivity index (χ2n) is 9.26. The number of β-amino-alcohol motifs (C(OH)–C–C–N with tert-alkyl or cyclic N) is 1. The van der Waals surface area contributed by atoms with Crippen molar-refractivity contribution >= 4 is 17.2 Å². The highest BCUT2D eigenvalue weighted by molar-refractivity contribution is 7.18. The number of nitrogens with one attached hydrogen (secondary N) is 1. The molecule has 3 aromatic rings. The van der Waals surface area contributed by atoms with Gasteiger partial charge in [0.15, 0.2) is 0 Å². The quantitative estimate of drug-likeness (QED) is 0.454. The Balaban J connectivity index is 0.000000245. The van der Waals surface area contributed by atoms with Crippen LogP contribution in [0.4, 0.5) is 0 Å². The Morgan fingerprint density at radius 3 is 2.81 bits per heavy atom. The van der Waals surface area contributed by atoms with E-state index in [-0.39, 0.29) is 24.7 Å². The van der Waals surface area contributed by atoms with Crippen LogP contribution in [-0.2, 0) is 22.5 Å². The van der Waals surface area contributed by atoms with Crippen LogP contribution in [0.25, 0.3) is 21.0 Å². The number of aryl methyl sites for hydroxylation is 1. The van der Waals surface area contributed by atoms with Gasteiger partial charge in [0.05, 0.1) is 22.6 Å². The molecule has 1 aliphatic carbocycles. The normalized spacial score (nSPS) is 14.4. The summed E-state index contributed by atoms with van der Waals surface area (Å²) in [5.41, 5.74) is 8.17. The molecule has 0 atom stereocenters. The van der Waals surface area contributed by atoms with Gasteiger partial charge in [0, 0.05) is 31.9 Å². The first-order valence-corrected chi connectivity index (χ1v) is 13.2. The lowest BCUT2D eigenvalue weighted by atomic mass is 10.0. The molecule has 1 amide bonds. The van der Waals surface area contributed by atoms with Crippen LogP contribution in [0, 0.1) is 11.3 Å². The van der Waals surface area contributed by atoms with Crippen molar-refractivity contribution in [3.05, 3.63) is 59.3 Å². The zero-order valence-corrected chi connectivity index (χ0v) is 22.2. The highest BCUT2D eigenvalue weighted by Gasteiger charge is 2.28. The number of carbonyl (C=O) groups excluding carboxylic acids is 1. The number of aliphatic hydroxyl groups is 1. The molecular formula is C28H32N4O4S. The third-order valence-electron chi connectivity index (χ3n) is 6.18. The molecule has 0 saturated carbocycles. The van der Waals surface area contributed by atoms with E-state index in [1.54, 1.807) is 23.3 Å². The monoisotopic (exact) mass is 520 g/mol. The molecule has 2 N–H and O–H groups in total. The number of fused-ring (bicyclic) bond motifs is 1. The molecular weight excluding hydrogens is 488 g/mol. The summed E-state index contributed by atoms with van der Waals surface area (Å²) < 4.78 is 5.71. The molecule has 0 unspecified atom stereocenters. The Morgan fingerprint density at radius 1 is 1.30 bits per heavy atom. The summed E-state index contributed by atoms with van der Waals surface area (Å²) >= 11 is 1.68. The first-order chi connectivity index (χ1) is 17.9. The minimum atomic E-state index is -0.339. The first kappa shape index (κ1) is 26.8. The summed E-state index contributed by atoms with van der Waals surface area (Å²) in [5.74, 6) is 0.536. The molecule has 1 aliphatic heterocycles. The predicted molar refractivity (Wildman–Crippen MR) is 143 cm³/mol. The van der Waals surface area contributed by atoms with Crippen molar-refractivity contribution in [2.24, 2.45) is 0 Å². The van der Waals surface area contributed by atoms with Crippen molar-refractivity contribution in [2.45, 2.75) is 45.3 Å². The number of ether oxygens (including phenoxy) is 1. The third kappa shape index (κ3) is 6.53. The van der Waals surface area contributed by atoms with E-state index in [1.165, 1.54) is 34.4 Å². The fraction of sp³-hybridized carbons (Fsp3) is 0.393. The number of thiazole rings is 1. The second kappa shape index (κ2) is 12.3. The number of aliphatic hydroxyl groups excluding tert-OH is 1. The molecule has 2 heterocycles. The van der Waals surface area contributed by atoms with Gasteiger partial charge in [0.1, 0.15) is 23.4 Å². The molecule has 0 bridgehead atoms. The van der Waals surface area contributed by atoms with Gasteiger partial charge in [-0.15, -0.1) is 11.3 Å². The number of carbonyl (C=O) groups is 1. The number of nitriles is 1. The molecule has 0 radical (unpaired) electrons. The van der Waals surface area contributed by atoms with E-state index in [0.29, 0.717) is 24.4 Å². The number of likely N-dealkylation sites (tertiary alicyclic amines) is 1. The van der Waals surface area contributed by atoms with Gasteiger partial charge in [0.25, 0.3) is 5.91 Å². The number of hydrogen-bond acceptors (Lipinski definition) is 8. The molecule has 194 valence electrons. The van der Waals surface area contributed by atoms with Gasteiger partial charge in [-0.05, 0) is 68.0 Å². The summed E-state index contributed by atoms with van der Waals surface area (Å²) in [7, 11) is 1.60. The molecule has 8 nitrogen and oxygen atoms in total. The summed E-state index contributed by atoms with van der Waals surface area (Å²) in [4.78, 5) is 23.0. The maximum absolute atomic E-state index is 11.0. The van der Waals surface area contributed by atoms with Gasteiger partial charge in [-0.2, -0.15) is 5.26 Å². The van der Waals surface area contributed by atoms with E-state index < -0.39 is 0 Å². The molecule has 5 rings (SSSR count). The largest absolute Gasteiger partial charge is 0.490 e. The van der Waals surface area contributed by atoms with E-state index in [0.717, 1.165) is 17.0 Å². The Kier molecular flexibility index (Phi) is 8.90. The standard InChI is InChI=1S/C22H20N2OS.C6H12N2O3/c1-14(2)25-20-10-9-16(11-17(20)12-23)22-24-13-21(26-22)19-8-4-6-15-5-3-7-18(15)19;1-7-11-4-6(10)8-2-5(9)3-8/h4,6,8-11,13-14H,3,5,7H2,1-2H3;5,7,9H,2-4H2,1H3. The minimum Gasteiger partial charge on any atom is -0.490 e. The van der Waals surface area contributed by atoms with Crippen LogP contribution in [-0.4, -0.2) is 59.8 Å². The second-order valence-corrected chi connectivity index (χ2v) is 10.3. The van der Waals surface area contributed by atoms with Gasteiger partial charge in [-0.25, -0.2) is 10.5 Å². The van der Waals surface area contributed by atoms with Crippen molar-refractivity contribution in [3.63, 3.8) is 0 Å². The molecule has 2 aliphatic rings. The number of rotatable bonds is 7. The van der Waals surface area contributed by atoms with Crippen LogP contribution in [0.3, 0.4) is 0 Å². The Hall–Kier alpha value is -3.29. The number of hydroxylamine groups is 1. The average Bonchev–Trinajstić information content (AvgIpc) is 3.55.